The van der Waals surface area contributed by atoms with Gasteiger partial charge in [-0.05, 0) is 49.2 Å². The van der Waals surface area contributed by atoms with E-state index in [4.69, 9.17) is 9.47 Å². The molecular weight excluding hydrogens is 492 g/mol. The Balaban J connectivity index is 1.41. The number of amides is 1. The third-order valence-electron chi connectivity index (χ3n) is 7.31. The highest BCUT2D eigenvalue weighted by Gasteiger charge is 2.46. The van der Waals surface area contributed by atoms with Crippen LogP contribution < -0.4 is 4.74 Å². The van der Waals surface area contributed by atoms with E-state index in [0.717, 1.165) is 29.8 Å². The zero-order valence-electron chi connectivity index (χ0n) is 22.4. The van der Waals surface area contributed by atoms with Crippen LogP contribution in [0.25, 0.3) is 5.76 Å². The van der Waals surface area contributed by atoms with Gasteiger partial charge in [0.1, 0.15) is 18.1 Å². The molecule has 0 spiro atoms. The summed E-state index contributed by atoms with van der Waals surface area (Å²) >= 11 is 0. The number of carbonyl (C=O) groups excluding carboxylic acids is 2. The molecule has 2 saturated heterocycles. The van der Waals surface area contributed by atoms with Gasteiger partial charge in [0.15, 0.2) is 0 Å². The molecule has 7 heteroatoms. The first kappa shape index (κ1) is 26.7. The number of hydrogen-bond acceptors (Lipinski definition) is 6. The fourth-order valence-electron chi connectivity index (χ4n) is 5.11. The zero-order chi connectivity index (χ0) is 27.4. The lowest BCUT2D eigenvalue weighted by molar-refractivity contribution is -0.140. The summed E-state index contributed by atoms with van der Waals surface area (Å²) in [7, 11) is 0. The van der Waals surface area contributed by atoms with Gasteiger partial charge in [-0.2, -0.15) is 0 Å². The van der Waals surface area contributed by atoms with Crippen LogP contribution in [0.3, 0.4) is 0 Å². The van der Waals surface area contributed by atoms with Crippen LogP contribution in [0.4, 0.5) is 0 Å². The van der Waals surface area contributed by atoms with Gasteiger partial charge in [-0.1, -0.05) is 59.7 Å². The first-order chi connectivity index (χ1) is 18.9. The number of rotatable bonds is 8. The van der Waals surface area contributed by atoms with Crippen molar-refractivity contribution < 1.29 is 24.2 Å². The summed E-state index contributed by atoms with van der Waals surface area (Å²) in [5.41, 5.74) is 4.67. The van der Waals surface area contributed by atoms with Crippen molar-refractivity contribution in [1.82, 2.24) is 9.80 Å². The quantitative estimate of drug-likeness (QED) is 0.262. The van der Waals surface area contributed by atoms with Crippen LogP contribution in [0.5, 0.6) is 5.75 Å². The van der Waals surface area contributed by atoms with E-state index in [-0.39, 0.29) is 11.3 Å². The predicted octanol–water partition coefficient (Wildman–Crippen LogP) is 4.64. The van der Waals surface area contributed by atoms with Crippen molar-refractivity contribution in [2.24, 2.45) is 0 Å². The SMILES string of the molecule is Cc1ccc([C@@H]2C(=C(O)c3ccc(OCc4cccc(C)c4)cc3)C(=O)C(=O)N2CCN2CCOCC2)cc1. The number of likely N-dealkylation sites (tertiary alicyclic amines) is 1. The van der Waals surface area contributed by atoms with Crippen LogP contribution in [0.1, 0.15) is 33.9 Å². The van der Waals surface area contributed by atoms with Crippen LogP contribution in [0, 0.1) is 13.8 Å². The van der Waals surface area contributed by atoms with E-state index in [9.17, 15) is 14.7 Å². The number of morpholine rings is 1. The number of nitrogens with zero attached hydrogens (tertiary/aromatic N) is 2. The van der Waals surface area contributed by atoms with Crippen LogP contribution in [0.15, 0.2) is 78.4 Å². The molecule has 0 saturated carbocycles. The molecule has 3 aromatic rings. The molecule has 2 aliphatic rings. The number of benzene rings is 3. The molecule has 0 aromatic heterocycles. The van der Waals surface area contributed by atoms with Crippen molar-refractivity contribution in [2.45, 2.75) is 26.5 Å². The monoisotopic (exact) mass is 526 g/mol. The summed E-state index contributed by atoms with van der Waals surface area (Å²) in [6.07, 6.45) is 0. The standard InChI is InChI=1S/C32H34N2O5/c1-22-6-8-25(9-7-22)29-28(31(36)32(37)34(29)15-14-33-16-18-38-19-17-33)30(35)26-10-12-27(13-11-26)39-21-24-5-3-4-23(2)20-24/h3-13,20,29,35H,14-19,21H2,1-2H3/t29-/m1/s1. The van der Waals surface area contributed by atoms with Gasteiger partial charge in [0.25, 0.3) is 11.7 Å². The van der Waals surface area contributed by atoms with Gasteiger partial charge in [0.05, 0.1) is 24.8 Å². The molecule has 5 rings (SSSR count). The average molecular weight is 527 g/mol. The molecule has 0 unspecified atom stereocenters. The second-order valence-electron chi connectivity index (χ2n) is 10.2. The molecule has 3 aromatic carbocycles. The summed E-state index contributed by atoms with van der Waals surface area (Å²) in [6.45, 7) is 8.36. The number of aryl methyl sites for hydroxylation is 2. The van der Waals surface area contributed by atoms with Crippen molar-refractivity contribution >= 4 is 17.4 Å². The smallest absolute Gasteiger partial charge is 0.295 e. The lowest BCUT2D eigenvalue weighted by Crippen LogP contribution is -2.42. The fourth-order valence-corrected chi connectivity index (χ4v) is 5.11. The molecule has 1 N–H and O–H groups in total. The molecule has 0 aliphatic carbocycles. The minimum atomic E-state index is -0.667. The predicted molar refractivity (Wildman–Crippen MR) is 149 cm³/mol. The number of ketones is 1. The number of hydrogen-bond donors (Lipinski definition) is 1. The van der Waals surface area contributed by atoms with Crippen molar-refractivity contribution in [3.8, 4) is 5.75 Å². The van der Waals surface area contributed by atoms with Crippen molar-refractivity contribution in [1.29, 1.82) is 0 Å². The van der Waals surface area contributed by atoms with E-state index in [0.29, 0.717) is 44.2 Å². The Kier molecular flexibility index (Phi) is 8.10. The fraction of sp³-hybridized carbons (Fsp3) is 0.312. The highest BCUT2D eigenvalue weighted by molar-refractivity contribution is 6.46. The molecular formula is C32H34N2O5. The zero-order valence-corrected chi connectivity index (χ0v) is 22.4. The molecule has 202 valence electrons. The summed E-state index contributed by atoms with van der Waals surface area (Å²) < 4.78 is 11.3. The highest BCUT2D eigenvalue weighted by atomic mass is 16.5. The first-order valence-electron chi connectivity index (χ1n) is 13.3. The van der Waals surface area contributed by atoms with E-state index in [1.807, 2.05) is 56.3 Å². The molecule has 39 heavy (non-hydrogen) atoms. The Morgan fingerprint density at radius 3 is 2.33 bits per heavy atom. The molecule has 7 nitrogen and oxygen atoms in total. The minimum Gasteiger partial charge on any atom is -0.507 e. The normalized spacial score (nSPS) is 19.4. The summed E-state index contributed by atoms with van der Waals surface area (Å²) in [6, 6.07) is 22.2. The molecule has 2 heterocycles. The van der Waals surface area contributed by atoms with Gasteiger partial charge in [0.2, 0.25) is 0 Å². The Morgan fingerprint density at radius 1 is 0.923 bits per heavy atom. The van der Waals surface area contributed by atoms with E-state index in [1.165, 1.54) is 5.56 Å². The molecule has 2 aliphatic heterocycles. The minimum absolute atomic E-state index is 0.110. The maximum absolute atomic E-state index is 13.3. The van der Waals surface area contributed by atoms with Crippen molar-refractivity contribution in [3.63, 3.8) is 0 Å². The first-order valence-corrected chi connectivity index (χ1v) is 13.3. The molecule has 1 atom stereocenters. The van der Waals surface area contributed by atoms with Crippen LogP contribution >= 0.6 is 0 Å². The second kappa shape index (κ2) is 11.8. The summed E-state index contributed by atoms with van der Waals surface area (Å²) in [5.74, 6) is -0.791. The topological polar surface area (TPSA) is 79.3 Å². The summed E-state index contributed by atoms with van der Waals surface area (Å²) in [5, 5.41) is 11.4. The van der Waals surface area contributed by atoms with Crippen molar-refractivity contribution in [2.75, 3.05) is 39.4 Å². The molecule has 0 radical (unpaired) electrons. The third kappa shape index (κ3) is 6.05. The van der Waals surface area contributed by atoms with E-state index in [2.05, 4.69) is 11.0 Å². The van der Waals surface area contributed by atoms with Gasteiger partial charge in [-0.15, -0.1) is 0 Å². The van der Waals surface area contributed by atoms with Gasteiger partial charge in [-0.3, -0.25) is 14.5 Å². The van der Waals surface area contributed by atoms with Crippen LogP contribution in [-0.2, 0) is 20.9 Å². The number of ether oxygens (including phenoxy) is 2. The Hall–Kier alpha value is -3.94. The Labute approximate surface area is 229 Å². The highest BCUT2D eigenvalue weighted by Crippen LogP contribution is 2.39. The van der Waals surface area contributed by atoms with E-state index < -0.39 is 17.7 Å². The largest absolute Gasteiger partial charge is 0.507 e. The average Bonchev–Trinajstić information content (AvgIpc) is 3.21. The van der Waals surface area contributed by atoms with Crippen LogP contribution in [0.2, 0.25) is 0 Å². The lowest BCUT2D eigenvalue weighted by Gasteiger charge is -2.31. The van der Waals surface area contributed by atoms with E-state index >= 15 is 0 Å². The maximum Gasteiger partial charge on any atom is 0.295 e. The van der Waals surface area contributed by atoms with Crippen molar-refractivity contribution in [3.05, 3.63) is 106 Å². The molecule has 1 amide bonds. The van der Waals surface area contributed by atoms with Gasteiger partial charge >= 0.3 is 0 Å². The number of aliphatic hydroxyl groups is 1. The molecule has 0 bridgehead atoms. The van der Waals surface area contributed by atoms with Gasteiger partial charge in [0, 0.05) is 31.7 Å². The Morgan fingerprint density at radius 2 is 1.64 bits per heavy atom. The number of carbonyl (C=O) groups is 2. The number of Topliss-reactive ketones (excluding diaryl/α,β-unsaturated/α-hetero) is 1. The summed E-state index contributed by atoms with van der Waals surface area (Å²) in [4.78, 5) is 30.4. The van der Waals surface area contributed by atoms with Gasteiger partial charge < -0.3 is 19.5 Å². The van der Waals surface area contributed by atoms with Gasteiger partial charge in [-0.25, -0.2) is 0 Å². The number of aliphatic hydroxyl groups excluding tert-OH is 1. The second-order valence-corrected chi connectivity index (χ2v) is 10.2. The van der Waals surface area contributed by atoms with E-state index in [1.54, 1.807) is 29.2 Å². The molecule has 2 fully saturated rings. The third-order valence-corrected chi connectivity index (χ3v) is 7.31. The van der Waals surface area contributed by atoms with Crippen LogP contribution in [-0.4, -0.2) is 66.0 Å². The maximum atomic E-state index is 13.3. The Bertz CT molecular complexity index is 1360. The lowest BCUT2D eigenvalue weighted by atomic mass is 9.94.